The number of aromatic carboxylic acids is 1. The summed E-state index contributed by atoms with van der Waals surface area (Å²) in [5.74, 6) is -2.01. The number of aryl methyl sites for hydroxylation is 2. The quantitative estimate of drug-likeness (QED) is 0.0980. The number of hydrogen-bond donors (Lipinski definition) is 1. The van der Waals surface area contributed by atoms with Gasteiger partial charge in [0.2, 0.25) is 15.9 Å². The smallest absolute Gasteiger partial charge is 0.870 e. The van der Waals surface area contributed by atoms with Crippen LogP contribution in [0.25, 0.3) is 0 Å². The Morgan fingerprint density at radius 2 is 1.09 bits per heavy atom. The Labute approximate surface area is 355 Å². The number of carboxylic acids is 1. The summed E-state index contributed by atoms with van der Waals surface area (Å²) >= 11 is 22.0. The standard InChI is InChI=1S/C8H9ClN2O2.C7H6Cl2N2O2.C6H5ClN2O2.C4H8O.Li.2H2O.H10P8/c1-3-13-7(12)6-4-10-8(9)11-5(6)2;1-2-13-6(12)4-3-10-7(9)11-5(4)8;1-3-4(5(10)11)2-8-6(7)9-3;1-2-4-5-3-1;;;;1-6(2)8(5)7(3)4/h4H,3H2,1-2H3;3H,2H2,1H3;2H,1H3,(H,10,11);1-4H2;;2*1H2;1-5H2/q;;;;+1;;;/p-1. The maximum Gasteiger partial charge on any atom is 1.00 e. The number of aromatic nitrogens is 6. The van der Waals surface area contributed by atoms with Gasteiger partial charge < -0.3 is 30.3 Å². The van der Waals surface area contributed by atoms with Gasteiger partial charge in [0.1, 0.15) is 10.7 Å². The summed E-state index contributed by atoms with van der Waals surface area (Å²) in [4.78, 5) is 54.7. The van der Waals surface area contributed by atoms with Crippen molar-refractivity contribution in [2.75, 3.05) is 26.4 Å². The van der Waals surface area contributed by atoms with Gasteiger partial charge in [-0.3, -0.25) is 0 Å². The molecule has 0 radical (unpaired) electrons. The van der Waals surface area contributed by atoms with Crippen LogP contribution in [0.1, 0.15) is 69.2 Å². The fraction of sp³-hybridized carbons (Fsp3) is 0.400. The van der Waals surface area contributed by atoms with E-state index in [1.54, 1.807) is 27.7 Å². The molecule has 0 spiro atoms. The zero-order chi connectivity index (χ0) is 38.4. The van der Waals surface area contributed by atoms with Crippen LogP contribution >= 0.6 is 112 Å². The molecule has 1 aliphatic rings. The van der Waals surface area contributed by atoms with E-state index in [-0.39, 0.29) is 89.5 Å². The summed E-state index contributed by atoms with van der Waals surface area (Å²) in [6.07, 6.45) is 6.34. The number of hydrogen-bond acceptors (Lipinski definition) is 13. The third kappa shape index (κ3) is 27.1. The van der Waals surface area contributed by atoms with Gasteiger partial charge in [0.15, 0.2) is 0 Å². The molecular weight excluding hydrogens is 925 g/mol. The average molecular weight is 966 g/mol. The third-order valence-corrected chi connectivity index (χ3v) is 43.8. The Balaban J connectivity index is -0.000000287. The molecule has 0 amide bonds. The second kappa shape index (κ2) is 34.7. The van der Waals surface area contributed by atoms with Gasteiger partial charge in [-0.05, 0) is 96.3 Å². The van der Waals surface area contributed by atoms with Crippen LogP contribution in [0.2, 0.25) is 21.0 Å². The van der Waals surface area contributed by atoms with Crippen molar-refractivity contribution in [3.05, 3.63) is 67.7 Å². The molecule has 3 aromatic heterocycles. The molecule has 3 aromatic rings. The summed E-state index contributed by atoms with van der Waals surface area (Å²) in [6.45, 7) is 9.79. The van der Waals surface area contributed by atoms with E-state index in [4.69, 9.17) is 65.7 Å². The van der Waals surface area contributed by atoms with Crippen LogP contribution in [0.3, 0.4) is 0 Å². The summed E-state index contributed by atoms with van der Waals surface area (Å²) in [5, 5.41) is 8.72. The van der Waals surface area contributed by atoms with Crippen molar-refractivity contribution in [1.29, 1.82) is 0 Å². The van der Waals surface area contributed by atoms with Gasteiger partial charge in [-0.25, -0.2) is 44.3 Å². The molecular formula is C25H41Cl4LiN6O9P8. The van der Waals surface area contributed by atoms with Crippen molar-refractivity contribution >= 4 is 130 Å². The zero-order valence-corrected chi connectivity index (χ0v) is 40.7. The van der Waals surface area contributed by atoms with Crippen molar-refractivity contribution in [2.45, 2.75) is 40.5 Å². The van der Waals surface area contributed by atoms with Crippen LogP contribution < -0.4 is 18.9 Å². The van der Waals surface area contributed by atoms with Crippen molar-refractivity contribution in [3.8, 4) is 0 Å². The van der Waals surface area contributed by atoms with E-state index in [0.29, 0.717) is 23.6 Å². The van der Waals surface area contributed by atoms with Crippen LogP contribution in [0.5, 0.6) is 0 Å². The van der Waals surface area contributed by atoms with Gasteiger partial charge in [0.05, 0.1) is 35.7 Å². The van der Waals surface area contributed by atoms with E-state index < -0.39 is 17.9 Å². The Morgan fingerprint density at radius 1 is 0.736 bits per heavy atom. The van der Waals surface area contributed by atoms with E-state index >= 15 is 0 Å². The first-order valence-corrected chi connectivity index (χ1v) is 29.0. The maximum absolute atomic E-state index is 11.2. The van der Waals surface area contributed by atoms with Crippen LogP contribution in [0.15, 0.2) is 18.6 Å². The van der Waals surface area contributed by atoms with Gasteiger partial charge in [0, 0.05) is 31.8 Å². The van der Waals surface area contributed by atoms with Gasteiger partial charge in [-0.2, -0.15) is 0 Å². The van der Waals surface area contributed by atoms with E-state index in [1.165, 1.54) is 31.4 Å². The van der Waals surface area contributed by atoms with Crippen LogP contribution in [-0.2, 0) is 14.2 Å². The van der Waals surface area contributed by atoms with Gasteiger partial charge >= 0.3 is 36.8 Å². The number of rotatable bonds is 7. The normalized spacial score (nSPS) is 10.9. The second-order valence-corrected chi connectivity index (χ2v) is 38.2. The second-order valence-electron chi connectivity index (χ2n) is 8.77. The largest absolute Gasteiger partial charge is 1.00 e. The summed E-state index contributed by atoms with van der Waals surface area (Å²) < 4.78 is 14.4. The molecule has 4 N–H and O–H groups in total. The molecule has 1 aliphatic heterocycles. The average Bonchev–Trinajstić information content (AvgIpc) is 3.62. The van der Waals surface area contributed by atoms with E-state index in [0.717, 1.165) is 13.2 Å². The SMILES string of the molecule is C1CCOC1.CCOC(=O)c1cnc(Cl)nc1C.CCOC(=O)c1cnc(Cl)nc1Cl.Cc1nc(Cl)ncc1C(=O)O.O.PP(P)P(P)P(P)P.[Li+].[OH-]. The fourth-order valence-electron chi connectivity index (χ4n) is 2.81. The molecule has 4 rings (SSSR count). The Kier molecular flexibility index (Phi) is 39.6. The molecule has 5 unspecified atom stereocenters. The van der Waals surface area contributed by atoms with Crippen molar-refractivity contribution in [3.63, 3.8) is 0 Å². The molecule has 0 aromatic carbocycles. The first kappa shape index (κ1) is 60.4. The van der Waals surface area contributed by atoms with Crippen molar-refractivity contribution < 1.29 is 63.5 Å². The minimum Gasteiger partial charge on any atom is -0.870 e. The molecule has 0 bridgehead atoms. The maximum atomic E-state index is 11.2. The van der Waals surface area contributed by atoms with Gasteiger partial charge in [-0.15, -0.1) is 44.6 Å². The first-order chi connectivity index (χ1) is 23.5. The minimum atomic E-state index is -1.04. The first-order valence-electron chi connectivity index (χ1n) is 13.9. The topological polar surface area (TPSA) is 238 Å². The Bertz CT molecular complexity index is 1450. The molecule has 1 saturated heterocycles. The third-order valence-electron chi connectivity index (χ3n) is 5.13. The number of carbonyl (C=O) groups is 3. The number of esters is 2. The van der Waals surface area contributed by atoms with Crippen molar-refractivity contribution in [1.82, 2.24) is 29.9 Å². The number of carboxylic acid groups (broad SMARTS) is 1. The molecule has 294 valence electrons. The molecule has 4 heterocycles. The van der Waals surface area contributed by atoms with Gasteiger partial charge in [0.25, 0.3) is 0 Å². The van der Waals surface area contributed by atoms with Crippen molar-refractivity contribution in [2.24, 2.45) is 0 Å². The summed E-state index contributed by atoms with van der Waals surface area (Å²) in [7, 11) is 14.4. The predicted molar refractivity (Wildman–Crippen MR) is 229 cm³/mol. The number of nitrogens with zero attached hydrogens (tertiary/aromatic N) is 6. The fourth-order valence-corrected chi connectivity index (χ4v) is 32.4. The van der Waals surface area contributed by atoms with E-state index in [1.807, 2.05) is 0 Å². The minimum absolute atomic E-state index is 0. The predicted octanol–water partition coefficient (Wildman–Crippen LogP) is 5.72. The number of ether oxygens (including phenoxy) is 3. The summed E-state index contributed by atoms with van der Waals surface area (Å²) in [5.41, 5.74) is 1.45. The molecule has 1 fully saturated rings. The van der Waals surface area contributed by atoms with Gasteiger partial charge in [-0.1, -0.05) is 11.6 Å². The van der Waals surface area contributed by atoms with Crippen LogP contribution in [0.4, 0.5) is 0 Å². The van der Waals surface area contributed by atoms with E-state index in [9.17, 15) is 14.4 Å². The molecule has 5 atom stereocenters. The Morgan fingerprint density at radius 3 is 1.38 bits per heavy atom. The van der Waals surface area contributed by atoms with E-state index in [2.05, 4.69) is 74.5 Å². The summed E-state index contributed by atoms with van der Waals surface area (Å²) in [6, 6.07) is 0. The molecule has 15 nitrogen and oxygen atoms in total. The van der Waals surface area contributed by atoms with Crippen LogP contribution in [-0.4, -0.2) is 90.3 Å². The molecule has 53 heavy (non-hydrogen) atoms. The number of carbonyl (C=O) groups excluding carboxylic acids is 2. The molecule has 0 saturated carbocycles. The van der Waals surface area contributed by atoms with Crippen LogP contribution in [0, 0.1) is 13.8 Å². The molecule has 0 aliphatic carbocycles. The Hall–Kier alpha value is 0.727. The monoisotopic (exact) mass is 964 g/mol. The molecule has 28 heteroatoms. The number of halogens is 4. The zero-order valence-electron chi connectivity index (χ0n) is 29.2.